The number of ether oxygens (including phenoxy) is 2. The summed E-state index contributed by atoms with van der Waals surface area (Å²) in [7, 11) is 1.57. The number of allylic oxidation sites excluding steroid dienone is 1. The number of nitrogens with zero attached hydrogens (tertiary/aromatic N) is 4. The predicted octanol–water partition coefficient (Wildman–Crippen LogP) is 5.49. The summed E-state index contributed by atoms with van der Waals surface area (Å²) >= 11 is 0. The number of methoxy groups -OCH3 is 1. The van der Waals surface area contributed by atoms with Crippen molar-refractivity contribution in [3.8, 4) is 11.5 Å². The lowest BCUT2D eigenvalue weighted by Gasteiger charge is -2.28. The van der Waals surface area contributed by atoms with Gasteiger partial charge in [-0.25, -0.2) is 0 Å². The first-order chi connectivity index (χ1) is 18.7. The molecule has 2 heterocycles. The molecule has 0 aliphatic carbocycles. The van der Waals surface area contributed by atoms with Crippen molar-refractivity contribution in [3.63, 3.8) is 0 Å². The summed E-state index contributed by atoms with van der Waals surface area (Å²) in [6.07, 6.45) is 0. The van der Waals surface area contributed by atoms with Crippen molar-refractivity contribution in [2.45, 2.75) is 45.8 Å². The summed E-state index contributed by atoms with van der Waals surface area (Å²) < 4.78 is 13.1. The highest BCUT2D eigenvalue weighted by molar-refractivity contribution is 6.06. The van der Waals surface area contributed by atoms with Crippen LogP contribution in [0.5, 0.6) is 11.5 Å². The van der Waals surface area contributed by atoms with E-state index >= 15 is 0 Å². The highest BCUT2D eigenvalue weighted by Gasteiger charge is 2.34. The Bertz CT molecular complexity index is 1500. The highest BCUT2D eigenvalue weighted by atomic mass is 16.5. The van der Waals surface area contributed by atoms with Gasteiger partial charge in [0.05, 0.1) is 18.4 Å². The largest absolute Gasteiger partial charge is 0.495 e. The molecule has 1 aliphatic heterocycles. The average molecular weight is 525 g/mol. The van der Waals surface area contributed by atoms with Gasteiger partial charge in [0.1, 0.15) is 24.1 Å². The topological polar surface area (TPSA) is 103 Å². The molecule has 0 saturated heterocycles. The van der Waals surface area contributed by atoms with Crippen LogP contribution in [0, 0.1) is 0 Å². The van der Waals surface area contributed by atoms with E-state index in [1.807, 2.05) is 43.3 Å². The molecule has 39 heavy (non-hydrogen) atoms. The average Bonchev–Trinajstić information content (AvgIpc) is 3.39. The second-order valence-electron chi connectivity index (χ2n) is 10.5. The van der Waals surface area contributed by atoms with Gasteiger partial charge in [-0.15, -0.1) is 0 Å². The van der Waals surface area contributed by atoms with E-state index in [-0.39, 0.29) is 11.3 Å². The molecule has 1 aliphatic rings. The maximum absolute atomic E-state index is 13.6. The monoisotopic (exact) mass is 524 g/mol. The summed E-state index contributed by atoms with van der Waals surface area (Å²) in [5.41, 5.74) is 5.06. The third-order valence-corrected chi connectivity index (χ3v) is 6.74. The SMILES string of the molecule is COc1ccccc1NC(=O)C1=C(C)Nc2nnnn2C1c1ccc(OCc2ccc(C(C)(C)C)cc2)cc1. The van der Waals surface area contributed by atoms with Gasteiger partial charge in [-0.05, 0) is 63.7 Å². The maximum Gasteiger partial charge on any atom is 0.255 e. The van der Waals surface area contributed by atoms with Crippen molar-refractivity contribution in [1.82, 2.24) is 20.2 Å². The minimum Gasteiger partial charge on any atom is -0.495 e. The van der Waals surface area contributed by atoms with Gasteiger partial charge in [0.2, 0.25) is 5.95 Å². The molecule has 200 valence electrons. The molecule has 3 aromatic carbocycles. The van der Waals surface area contributed by atoms with Crippen molar-refractivity contribution in [1.29, 1.82) is 0 Å². The second kappa shape index (κ2) is 10.6. The van der Waals surface area contributed by atoms with Crippen molar-refractivity contribution in [3.05, 3.63) is 101 Å². The van der Waals surface area contributed by atoms with Crippen LogP contribution in [-0.2, 0) is 16.8 Å². The Morgan fingerprint density at radius 1 is 1.03 bits per heavy atom. The number of hydrogen-bond donors (Lipinski definition) is 2. The summed E-state index contributed by atoms with van der Waals surface area (Å²) in [5.74, 6) is 1.48. The quantitative estimate of drug-likeness (QED) is 0.330. The first kappa shape index (κ1) is 26.0. The summed E-state index contributed by atoms with van der Waals surface area (Å²) in [6, 6.07) is 22.9. The number of nitrogens with one attached hydrogen (secondary N) is 2. The number of para-hydroxylation sites is 2. The fourth-order valence-corrected chi connectivity index (χ4v) is 4.57. The summed E-state index contributed by atoms with van der Waals surface area (Å²) in [6.45, 7) is 8.89. The predicted molar refractivity (Wildman–Crippen MR) is 150 cm³/mol. The lowest BCUT2D eigenvalue weighted by Crippen LogP contribution is -2.31. The number of amides is 1. The molecule has 1 unspecified atom stereocenters. The Hall–Kier alpha value is -4.66. The van der Waals surface area contributed by atoms with Crippen LogP contribution in [-0.4, -0.2) is 33.2 Å². The minimum atomic E-state index is -0.537. The van der Waals surface area contributed by atoms with Crippen LogP contribution in [0.4, 0.5) is 11.6 Å². The number of carbonyl (C=O) groups is 1. The molecule has 9 nitrogen and oxygen atoms in total. The number of hydrogen-bond acceptors (Lipinski definition) is 7. The number of fused-ring (bicyclic) bond motifs is 1. The van der Waals surface area contributed by atoms with Crippen LogP contribution in [0.1, 0.15) is 50.4 Å². The lowest BCUT2D eigenvalue weighted by molar-refractivity contribution is -0.113. The highest BCUT2D eigenvalue weighted by Crippen LogP contribution is 2.36. The normalized spacial score (nSPS) is 14.8. The lowest BCUT2D eigenvalue weighted by atomic mass is 9.87. The zero-order valence-corrected chi connectivity index (χ0v) is 22.7. The third kappa shape index (κ3) is 5.47. The molecule has 4 aromatic rings. The van der Waals surface area contributed by atoms with Gasteiger partial charge in [0.15, 0.2) is 0 Å². The zero-order valence-electron chi connectivity index (χ0n) is 22.7. The molecule has 0 spiro atoms. The van der Waals surface area contributed by atoms with Gasteiger partial charge in [0, 0.05) is 5.70 Å². The van der Waals surface area contributed by atoms with E-state index in [2.05, 4.69) is 71.2 Å². The van der Waals surface area contributed by atoms with Gasteiger partial charge < -0.3 is 20.1 Å². The fraction of sp³-hybridized carbons (Fsp3) is 0.267. The number of aromatic nitrogens is 4. The Morgan fingerprint density at radius 2 is 1.74 bits per heavy atom. The number of tetrazole rings is 1. The zero-order chi connectivity index (χ0) is 27.6. The van der Waals surface area contributed by atoms with Gasteiger partial charge in [0.25, 0.3) is 5.91 Å². The van der Waals surface area contributed by atoms with Crippen molar-refractivity contribution in [2.24, 2.45) is 0 Å². The van der Waals surface area contributed by atoms with Crippen LogP contribution < -0.4 is 20.1 Å². The summed E-state index contributed by atoms with van der Waals surface area (Å²) in [5, 5.41) is 18.2. The van der Waals surface area contributed by atoms with E-state index in [4.69, 9.17) is 9.47 Å². The molecule has 1 amide bonds. The van der Waals surface area contributed by atoms with Gasteiger partial charge in [-0.2, -0.15) is 4.68 Å². The smallest absolute Gasteiger partial charge is 0.255 e. The van der Waals surface area contributed by atoms with Crippen LogP contribution in [0.15, 0.2) is 84.1 Å². The molecule has 9 heteroatoms. The molecular formula is C30H32N6O3. The molecular weight excluding hydrogens is 492 g/mol. The van der Waals surface area contributed by atoms with E-state index in [0.29, 0.717) is 35.3 Å². The van der Waals surface area contributed by atoms with Crippen molar-refractivity contribution in [2.75, 3.05) is 17.7 Å². The van der Waals surface area contributed by atoms with Gasteiger partial charge >= 0.3 is 0 Å². The van der Waals surface area contributed by atoms with Crippen LogP contribution >= 0.6 is 0 Å². The first-order valence-corrected chi connectivity index (χ1v) is 12.8. The van der Waals surface area contributed by atoms with Gasteiger partial charge in [-0.1, -0.05) is 74.4 Å². The number of benzene rings is 3. The first-order valence-electron chi connectivity index (χ1n) is 12.8. The van der Waals surface area contributed by atoms with Crippen LogP contribution in [0.2, 0.25) is 0 Å². The Morgan fingerprint density at radius 3 is 2.44 bits per heavy atom. The number of rotatable bonds is 7. The Balaban J connectivity index is 1.37. The molecule has 1 aromatic heterocycles. The Labute approximate surface area is 227 Å². The Kier molecular flexibility index (Phi) is 7.06. The minimum absolute atomic E-state index is 0.110. The van der Waals surface area contributed by atoms with E-state index < -0.39 is 6.04 Å². The van der Waals surface area contributed by atoms with Crippen LogP contribution in [0.25, 0.3) is 0 Å². The molecule has 1 atom stereocenters. The number of anilines is 2. The molecule has 5 rings (SSSR count). The molecule has 0 bridgehead atoms. The summed E-state index contributed by atoms with van der Waals surface area (Å²) in [4.78, 5) is 13.6. The van der Waals surface area contributed by atoms with E-state index in [9.17, 15) is 4.79 Å². The molecule has 0 saturated carbocycles. The van der Waals surface area contributed by atoms with E-state index in [1.54, 1.807) is 23.9 Å². The molecule has 0 fully saturated rings. The third-order valence-electron chi connectivity index (χ3n) is 6.74. The van der Waals surface area contributed by atoms with E-state index in [0.717, 1.165) is 16.9 Å². The second-order valence-corrected chi connectivity index (χ2v) is 10.5. The number of carbonyl (C=O) groups excluding carboxylic acids is 1. The molecule has 0 radical (unpaired) electrons. The molecule has 2 N–H and O–H groups in total. The van der Waals surface area contributed by atoms with E-state index in [1.165, 1.54) is 5.56 Å². The maximum atomic E-state index is 13.6. The fourth-order valence-electron chi connectivity index (χ4n) is 4.57. The standard InChI is InChI=1S/C30H32N6O3/c1-19-26(28(37)32-24-8-6-7-9-25(24)38-5)27(36-29(31-19)33-34-35-36)21-12-16-23(17-13-21)39-18-20-10-14-22(15-11-20)30(2,3)4/h6-17,27H,18H2,1-5H3,(H,32,37)(H,31,33,35). The van der Waals surface area contributed by atoms with Crippen LogP contribution in [0.3, 0.4) is 0 Å². The van der Waals surface area contributed by atoms with Gasteiger partial charge in [-0.3, -0.25) is 4.79 Å². The van der Waals surface area contributed by atoms with Crippen molar-refractivity contribution >= 4 is 17.5 Å². The van der Waals surface area contributed by atoms with Crippen molar-refractivity contribution < 1.29 is 14.3 Å².